The van der Waals surface area contributed by atoms with Gasteiger partial charge < -0.3 is 14.5 Å². The quantitative estimate of drug-likeness (QED) is 0.843. The Kier molecular flexibility index (Phi) is 4.32. The Morgan fingerprint density at radius 2 is 1.85 bits per heavy atom. The van der Waals surface area contributed by atoms with Gasteiger partial charge in [-0.3, -0.25) is 14.6 Å². The summed E-state index contributed by atoms with van der Waals surface area (Å²) in [4.78, 5) is 33.0. The summed E-state index contributed by atoms with van der Waals surface area (Å²) in [7, 11) is 1.64. The van der Waals surface area contributed by atoms with E-state index in [2.05, 4.69) is 4.98 Å². The van der Waals surface area contributed by atoms with Gasteiger partial charge >= 0.3 is 0 Å². The molecule has 6 heteroatoms. The first-order chi connectivity index (χ1) is 12.7. The number of rotatable bonds is 4. The Labute approximate surface area is 152 Å². The molecule has 6 nitrogen and oxygen atoms in total. The number of amides is 2. The van der Waals surface area contributed by atoms with Crippen LogP contribution in [0.1, 0.15) is 15.9 Å². The monoisotopic (exact) mass is 351 g/mol. The van der Waals surface area contributed by atoms with E-state index in [1.165, 1.54) is 0 Å². The lowest BCUT2D eigenvalue weighted by molar-refractivity contribution is -0.131. The van der Waals surface area contributed by atoms with E-state index >= 15 is 0 Å². The predicted octanol–water partition coefficient (Wildman–Crippen LogP) is 1.82. The van der Waals surface area contributed by atoms with E-state index in [4.69, 9.17) is 4.74 Å². The molecule has 2 fully saturated rings. The second kappa shape index (κ2) is 6.78. The lowest BCUT2D eigenvalue weighted by Gasteiger charge is -2.22. The third-order valence-corrected chi connectivity index (χ3v) is 5.27. The van der Waals surface area contributed by atoms with Crippen molar-refractivity contribution in [2.75, 3.05) is 26.7 Å². The highest BCUT2D eigenvalue weighted by Gasteiger charge is 2.47. The van der Waals surface area contributed by atoms with Crippen molar-refractivity contribution >= 4 is 11.8 Å². The number of pyridine rings is 1. The number of aromatic nitrogens is 1. The molecule has 0 radical (unpaired) electrons. The largest absolute Gasteiger partial charge is 0.497 e. The summed E-state index contributed by atoms with van der Waals surface area (Å²) in [5.41, 5.74) is 1.71. The lowest BCUT2D eigenvalue weighted by Crippen LogP contribution is -2.35. The summed E-state index contributed by atoms with van der Waals surface area (Å²) in [5, 5.41) is 0. The van der Waals surface area contributed by atoms with Gasteiger partial charge in [-0.15, -0.1) is 0 Å². The normalized spacial score (nSPS) is 21.8. The molecule has 134 valence electrons. The van der Waals surface area contributed by atoms with Gasteiger partial charge in [-0.05, 0) is 29.8 Å². The molecule has 2 amide bonds. The smallest absolute Gasteiger partial charge is 0.253 e. The average Bonchev–Trinajstić information content (AvgIpc) is 3.22. The van der Waals surface area contributed by atoms with Crippen molar-refractivity contribution in [3.05, 3.63) is 59.9 Å². The van der Waals surface area contributed by atoms with Crippen molar-refractivity contribution in [1.82, 2.24) is 14.8 Å². The molecule has 1 aromatic carbocycles. The minimum absolute atomic E-state index is 0.0173. The van der Waals surface area contributed by atoms with E-state index in [0.29, 0.717) is 31.7 Å². The highest BCUT2D eigenvalue weighted by molar-refractivity contribution is 5.95. The van der Waals surface area contributed by atoms with Crippen LogP contribution in [-0.4, -0.2) is 53.3 Å². The zero-order valence-electron chi connectivity index (χ0n) is 14.7. The third kappa shape index (κ3) is 3.03. The Bertz CT molecular complexity index is 807. The van der Waals surface area contributed by atoms with E-state index in [1.54, 1.807) is 36.5 Å². The van der Waals surface area contributed by atoms with E-state index in [-0.39, 0.29) is 23.7 Å². The van der Waals surface area contributed by atoms with Gasteiger partial charge in [0.1, 0.15) is 5.75 Å². The van der Waals surface area contributed by atoms with Crippen LogP contribution in [-0.2, 0) is 11.3 Å². The van der Waals surface area contributed by atoms with Crippen molar-refractivity contribution in [3.63, 3.8) is 0 Å². The van der Waals surface area contributed by atoms with Crippen molar-refractivity contribution in [2.24, 2.45) is 11.8 Å². The zero-order valence-corrected chi connectivity index (χ0v) is 14.7. The maximum Gasteiger partial charge on any atom is 0.253 e. The summed E-state index contributed by atoms with van der Waals surface area (Å²) < 4.78 is 5.17. The highest BCUT2D eigenvalue weighted by Crippen LogP contribution is 2.33. The molecule has 2 aliphatic rings. The molecule has 3 heterocycles. The minimum atomic E-state index is -0.0842. The molecule has 2 saturated heterocycles. The molecule has 0 unspecified atom stereocenters. The number of ether oxygens (including phenoxy) is 1. The topological polar surface area (TPSA) is 62.7 Å². The van der Waals surface area contributed by atoms with Crippen LogP contribution < -0.4 is 4.74 Å². The van der Waals surface area contributed by atoms with Crippen LogP contribution in [0.25, 0.3) is 0 Å². The number of nitrogens with zero attached hydrogens (tertiary/aromatic N) is 3. The van der Waals surface area contributed by atoms with Crippen LogP contribution >= 0.6 is 0 Å². The van der Waals surface area contributed by atoms with Gasteiger partial charge in [-0.25, -0.2) is 0 Å². The first-order valence-electron chi connectivity index (χ1n) is 8.76. The van der Waals surface area contributed by atoms with Gasteiger partial charge in [0.25, 0.3) is 5.91 Å². The zero-order chi connectivity index (χ0) is 18.1. The fraction of sp³-hybridized carbons (Fsp3) is 0.350. The first-order valence-corrected chi connectivity index (χ1v) is 8.76. The molecular formula is C20H21N3O3. The molecule has 0 saturated carbocycles. The number of benzene rings is 1. The van der Waals surface area contributed by atoms with Gasteiger partial charge in [0.2, 0.25) is 5.91 Å². The van der Waals surface area contributed by atoms with Crippen molar-refractivity contribution in [1.29, 1.82) is 0 Å². The molecule has 0 aliphatic carbocycles. The van der Waals surface area contributed by atoms with Gasteiger partial charge in [0.05, 0.1) is 13.0 Å². The molecule has 2 aromatic rings. The Balaban J connectivity index is 1.39. The van der Waals surface area contributed by atoms with Crippen molar-refractivity contribution in [2.45, 2.75) is 6.54 Å². The van der Waals surface area contributed by atoms with Gasteiger partial charge in [-0.1, -0.05) is 12.1 Å². The van der Waals surface area contributed by atoms with Crippen LogP contribution in [0.5, 0.6) is 5.75 Å². The summed E-state index contributed by atoms with van der Waals surface area (Å²) in [5.74, 6) is 1.07. The van der Waals surface area contributed by atoms with Gasteiger partial charge in [0.15, 0.2) is 0 Å². The SMILES string of the molecule is COc1ccc(CN2C[C@@H]3CN(C(=O)c4ccncc4)C[C@@H]3C2=O)cc1. The van der Waals surface area contributed by atoms with E-state index < -0.39 is 0 Å². The molecule has 4 rings (SSSR count). The molecular weight excluding hydrogens is 330 g/mol. The van der Waals surface area contributed by atoms with E-state index in [0.717, 1.165) is 11.3 Å². The van der Waals surface area contributed by atoms with Crippen molar-refractivity contribution < 1.29 is 14.3 Å². The number of methoxy groups -OCH3 is 1. The van der Waals surface area contributed by atoms with Crippen LogP contribution in [0, 0.1) is 11.8 Å². The minimum Gasteiger partial charge on any atom is -0.497 e. The molecule has 2 atom stereocenters. The van der Waals surface area contributed by atoms with Gasteiger partial charge in [-0.2, -0.15) is 0 Å². The molecule has 0 bridgehead atoms. The number of hydrogen-bond acceptors (Lipinski definition) is 4. The number of carbonyl (C=O) groups excluding carboxylic acids is 2. The summed E-state index contributed by atoms with van der Waals surface area (Å²) in [6.45, 7) is 2.45. The van der Waals surface area contributed by atoms with Crippen LogP contribution in [0.15, 0.2) is 48.8 Å². The fourth-order valence-corrected chi connectivity index (χ4v) is 3.88. The van der Waals surface area contributed by atoms with Crippen LogP contribution in [0.3, 0.4) is 0 Å². The Hall–Kier alpha value is -2.89. The average molecular weight is 351 g/mol. The Morgan fingerprint density at radius 3 is 2.50 bits per heavy atom. The number of likely N-dealkylation sites (tertiary alicyclic amines) is 2. The third-order valence-electron chi connectivity index (χ3n) is 5.27. The fourth-order valence-electron chi connectivity index (χ4n) is 3.88. The standard InChI is InChI=1S/C20H21N3O3/c1-26-17-4-2-14(3-5-17)10-22-11-16-12-23(13-18(16)20(22)25)19(24)15-6-8-21-9-7-15/h2-9,16,18H,10-13H2,1H3/t16-,18+/m1/s1. The molecule has 0 N–H and O–H groups in total. The maximum absolute atomic E-state index is 12.8. The lowest BCUT2D eigenvalue weighted by atomic mass is 10.0. The summed E-state index contributed by atoms with van der Waals surface area (Å²) >= 11 is 0. The van der Waals surface area contributed by atoms with Crippen LogP contribution in [0.4, 0.5) is 0 Å². The molecule has 2 aliphatic heterocycles. The summed E-state index contributed by atoms with van der Waals surface area (Å²) in [6, 6.07) is 11.2. The second-order valence-electron chi connectivity index (χ2n) is 6.88. The molecule has 1 aromatic heterocycles. The van der Waals surface area contributed by atoms with Gasteiger partial charge in [0, 0.05) is 50.1 Å². The van der Waals surface area contributed by atoms with E-state index in [1.807, 2.05) is 29.2 Å². The highest BCUT2D eigenvalue weighted by atomic mass is 16.5. The van der Waals surface area contributed by atoms with Crippen molar-refractivity contribution in [3.8, 4) is 5.75 Å². The second-order valence-corrected chi connectivity index (χ2v) is 6.88. The first kappa shape index (κ1) is 16.6. The predicted molar refractivity (Wildman–Crippen MR) is 95.5 cm³/mol. The Morgan fingerprint density at radius 1 is 1.12 bits per heavy atom. The summed E-state index contributed by atoms with van der Waals surface area (Å²) in [6.07, 6.45) is 3.23. The molecule has 26 heavy (non-hydrogen) atoms. The number of carbonyl (C=O) groups is 2. The van der Waals surface area contributed by atoms with E-state index in [9.17, 15) is 9.59 Å². The maximum atomic E-state index is 12.8. The molecule has 0 spiro atoms. The number of fused-ring (bicyclic) bond motifs is 1. The number of hydrogen-bond donors (Lipinski definition) is 0. The van der Waals surface area contributed by atoms with Crippen LogP contribution in [0.2, 0.25) is 0 Å².